The van der Waals surface area contributed by atoms with E-state index >= 15 is 0 Å². The molecule has 2 heterocycles. The zero-order valence-corrected chi connectivity index (χ0v) is 15.0. The molecule has 2 aromatic rings. The lowest BCUT2D eigenvalue weighted by molar-refractivity contribution is 0.102. The highest BCUT2D eigenvalue weighted by atomic mass is 32.2. The minimum absolute atomic E-state index is 0.202. The molecule has 1 amide bonds. The zero-order chi connectivity index (χ0) is 18.0. The number of hydrogen-bond acceptors (Lipinski definition) is 5. The number of nitrogens with zero attached hydrogens (tertiary/aromatic N) is 2. The fourth-order valence-electron chi connectivity index (χ4n) is 2.90. The van der Waals surface area contributed by atoms with Crippen LogP contribution in [0, 0.1) is 12.8 Å². The third-order valence-corrected chi connectivity index (χ3v) is 6.12. The van der Waals surface area contributed by atoms with Crippen LogP contribution < -0.4 is 5.32 Å². The van der Waals surface area contributed by atoms with Crippen LogP contribution in [0.15, 0.2) is 39.8 Å². The molecule has 1 N–H and O–H groups in total. The third-order valence-electron chi connectivity index (χ3n) is 4.24. The summed E-state index contributed by atoms with van der Waals surface area (Å²) in [6, 6.07) is 7.54. The van der Waals surface area contributed by atoms with E-state index in [1.54, 1.807) is 13.0 Å². The second kappa shape index (κ2) is 6.97. The predicted molar refractivity (Wildman–Crippen MR) is 92.8 cm³/mol. The molecule has 7 nitrogen and oxygen atoms in total. The molecule has 0 saturated carbocycles. The molecular weight excluding hydrogens is 342 g/mol. The van der Waals surface area contributed by atoms with Gasteiger partial charge in [0.05, 0.1) is 10.6 Å². The lowest BCUT2D eigenvalue weighted by Gasteiger charge is -2.30. The van der Waals surface area contributed by atoms with Crippen molar-refractivity contribution >= 4 is 21.8 Å². The smallest absolute Gasteiger partial charge is 0.258 e. The number of carbonyl (C=O) groups is 1. The Hall–Kier alpha value is -2.19. The Labute approximate surface area is 147 Å². The van der Waals surface area contributed by atoms with Crippen LogP contribution in [-0.2, 0) is 10.0 Å². The number of piperidine rings is 1. The van der Waals surface area contributed by atoms with Gasteiger partial charge in [0.15, 0.2) is 0 Å². The van der Waals surface area contributed by atoms with E-state index in [0.717, 1.165) is 12.8 Å². The minimum atomic E-state index is -3.52. The summed E-state index contributed by atoms with van der Waals surface area (Å²) in [4.78, 5) is 12.4. The molecule has 1 fully saturated rings. The Bertz CT molecular complexity index is 858. The van der Waals surface area contributed by atoms with Crippen molar-refractivity contribution in [2.45, 2.75) is 31.6 Å². The molecular formula is C17H21N3O4S. The summed E-state index contributed by atoms with van der Waals surface area (Å²) < 4.78 is 31.9. The van der Waals surface area contributed by atoms with Gasteiger partial charge in [0.1, 0.15) is 0 Å². The van der Waals surface area contributed by atoms with Gasteiger partial charge in [0, 0.05) is 24.7 Å². The molecule has 1 saturated heterocycles. The van der Waals surface area contributed by atoms with Gasteiger partial charge >= 0.3 is 0 Å². The maximum atomic E-state index is 12.7. The van der Waals surface area contributed by atoms with Crippen molar-refractivity contribution in [1.82, 2.24) is 9.46 Å². The van der Waals surface area contributed by atoms with Gasteiger partial charge in [-0.25, -0.2) is 8.42 Å². The first-order valence-corrected chi connectivity index (χ1v) is 9.65. The number of anilines is 1. The van der Waals surface area contributed by atoms with Crippen LogP contribution in [-0.4, -0.2) is 36.9 Å². The fraction of sp³-hybridized carbons (Fsp3) is 0.412. The number of amides is 1. The molecule has 1 aromatic carbocycles. The van der Waals surface area contributed by atoms with Gasteiger partial charge in [-0.15, -0.1) is 0 Å². The monoisotopic (exact) mass is 363 g/mol. The van der Waals surface area contributed by atoms with E-state index in [1.807, 2.05) is 0 Å². The average molecular weight is 363 g/mol. The highest BCUT2D eigenvalue weighted by Gasteiger charge is 2.28. The highest BCUT2D eigenvalue weighted by molar-refractivity contribution is 7.89. The van der Waals surface area contributed by atoms with Crippen LogP contribution in [0.2, 0.25) is 0 Å². The number of sulfonamides is 1. The van der Waals surface area contributed by atoms with E-state index in [2.05, 4.69) is 17.4 Å². The quantitative estimate of drug-likeness (QED) is 0.901. The van der Waals surface area contributed by atoms with Crippen molar-refractivity contribution < 1.29 is 17.7 Å². The number of carbonyl (C=O) groups excluding carboxylic acids is 1. The number of nitrogens with one attached hydrogen (secondary N) is 1. The maximum Gasteiger partial charge on any atom is 0.258 e. The minimum Gasteiger partial charge on any atom is -0.338 e. The largest absolute Gasteiger partial charge is 0.338 e. The summed E-state index contributed by atoms with van der Waals surface area (Å²) in [6.45, 7) is 4.88. The summed E-state index contributed by atoms with van der Waals surface area (Å²) in [5.41, 5.74) is 1.01. The van der Waals surface area contributed by atoms with Crippen molar-refractivity contribution in [3.05, 3.63) is 41.6 Å². The molecule has 134 valence electrons. The molecule has 0 radical (unpaired) electrons. The summed E-state index contributed by atoms with van der Waals surface area (Å²) >= 11 is 0. The second-order valence-electron chi connectivity index (χ2n) is 6.42. The van der Waals surface area contributed by atoms with Crippen molar-refractivity contribution in [3.63, 3.8) is 0 Å². The first kappa shape index (κ1) is 17.6. The van der Waals surface area contributed by atoms with Gasteiger partial charge in [0.25, 0.3) is 5.91 Å². The number of aromatic nitrogens is 1. The lowest BCUT2D eigenvalue weighted by atomic mass is 10.0. The molecule has 0 aliphatic carbocycles. The summed E-state index contributed by atoms with van der Waals surface area (Å²) in [7, 11) is -3.52. The standard InChI is InChI=1S/C17H21N3O4S/c1-12-4-3-9-20(11-12)25(22,23)15-7-5-14(6-8-15)17(21)18-16-10-13(2)19-24-16/h5-8,10,12H,3-4,9,11H2,1-2H3,(H,18,21). The van der Waals surface area contributed by atoms with E-state index in [4.69, 9.17) is 4.52 Å². The summed E-state index contributed by atoms with van der Waals surface area (Å²) in [6.07, 6.45) is 1.92. The average Bonchev–Trinajstić information content (AvgIpc) is 3.00. The Morgan fingerprint density at radius 1 is 1.32 bits per heavy atom. The molecule has 0 spiro atoms. The number of rotatable bonds is 4. The van der Waals surface area contributed by atoms with Gasteiger partial charge in [-0.2, -0.15) is 4.31 Å². The Morgan fingerprint density at radius 2 is 2.04 bits per heavy atom. The van der Waals surface area contributed by atoms with Gasteiger partial charge in [-0.05, 0) is 49.9 Å². The molecule has 3 rings (SSSR count). The Morgan fingerprint density at radius 3 is 2.64 bits per heavy atom. The first-order chi connectivity index (χ1) is 11.9. The van der Waals surface area contributed by atoms with Crippen LogP contribution in [0.3, 0.4) is 0 Å². The molecule has 1 aliphatic heterocycles. The molecule has 1 atom stereocenters. The number of hydrogen-bond donors (Lipinski definition) is 1. The van der Waals surface area contributed by atoms with Gasteiger partial charge < -0.3 is 4.52 Å². The second-order valence-corrected chi connectivity index (χ2v) is 8.36. The van der Waals surface area contributed by atoms with Crippen molar-refractivity contribution in [1.29, 1.82) is 0 Å². The first-order valence-electron chi connectivity index (χ1n) is 8.21. The normalized spacial score (nSPS) is 18.9. The Kier molecular flexibility index (Phi) is 4.91. The summed E-state index contributed by atoms with van der Waals surface area (Å²) in [5, 5.41) is 6.27. The van der Waals surface area contributed by atoms with Gasteiger partial charge in [0.2, 0.25) is 15.9 Å². The molecule has 1 unspecified atom stereocenters. The topological polar surface area (TPSA) is 92.5 Å². The predicted octanol–water partition coefficient (Wildman–Crippen LogP) is 2.66. The molecule has 1 aromatic heterocycles. The molecule has 8 heteroatoms. The van der Waals surface area contributed by atoms with Crippen molar-refractivity contribution in [2.24, 2.45) is 5.92 Å². The number of aryl methyl sites for hydroxylation is 1. The van der Waals surface area contributed by atoms with Gasteiger partial charge in [-0.1, -0.05) is 12.1 Å². The highest BCUT2D eigenvalue weighted by Crippen LogP contribution is 2.23. The fourth-order valence-corrected chi connectivity index (χ4v) is 4.50. The van der Waals surface area contributed by atoms with Crippen LogP contribution in [0.4, 0.5) is 5.88 Å². The van der Waals surface area contributed by atoms with Crippen molar-refractivity contribution in [3.8, 4) is 0 Å². The molecule has 0 bridgehead atoms. The maximum absolute atomic E-state index is 12.7. The van der Waals surface area contributed by atoms with Crippen LogP contribution in [0.1, 0.15) is 35.8 Å². The SMILES string of the molecule is Cc1cc(NC(=O)c2ccc(S(=O)(=O)N3CCCC(C)C3)cc2)on1. The van der Waals surface area contributed by atoms with Crippen LogP contribution in [0.25, 0.3) is 0 Å². The lowest BCUT2D eigenvalue weighted by Crippen LogP contribution is -2.39. The van der Waals surface area contributed by atoms with E-state index < -0.39 is 10.0 Å². The van der Waals surface area contributed by atoms with E-state index in [0.29, 0.717) is 30.3 Å². The van der Waals surface area contributed by atoms with Crippen LogP contribution in [0.5, 0.6) is 0 Å². The Balaban J connectivity index is 1.74. The van der Waals surface area contributed by atoms with Gasteiger partial charge in [-0.3, -0.25) is 10.1 Å². The third kappa shape index (κ3) is 3.91. The number of benzene rings is 1. The van der Waals surface area contributed by atoms with Crippen LogP contribution >= 0.6 is 0 Å². The van der Waals surface area contributed by atoms with E-state index in [-0.39, 0.29) is 16.7 Å². The summed E-state index contributed by atoms with van der Waals surface area (Å²) in [5.74, 6) is 0.229. The van der Waals surface area contributed by atoms with E-state index in [1.165, 1.54) is 28.6 Å². The molecule has 25 heavy (non-hydrogen) atoms. The van der Waals surface area contributed by atoms with Crippen molar-refractivity contribution in [2.75, 3.05) is 18.4 Å². The zero-order valence-electron chi connectivity index (χ0n) is 14.2. The molecule has 1 aliphatic rings. The van der Waals surface area contributed by atoms with E-state index in [9.17, 15) is 13.2 Å².